The second-order valence-electron chi connectivity index (χ2n) is 7.71. The van der Waals surface area contributed by atoms with Gasteiger partial charge in [0.1, 0.15) is 0 Å². The van der Waals surface area contributed by atoms with Gasteiger partial charge in [-0.3, -0.25) is 14.5 Å². The number of ether oxygens (including phenoxy) is 1. The Labute approximate surface area is 162 Å². The van der Waals surface area contributed by atoms with E-state index in [1.165, 1.54) is 30.8 Å². The lowest BCUT2D eigenvalue weighted by atomic mass is 9.67. The number of nitrogens with one attached hydrogen (secondary N) is 1. The highest BCUT2D eigenvalue weighted by Crippen LogP contribution is 2.64. The van der Waals surface area contributed by atoms with Gasteiger partial charge in [-0.25, -0.2) is 4.79 Å². The van der Waals surface area contributed by atoms with Crippen molar-refractivity contribution in [3.05, 3.63) is 0 Å². The van der Waals surface area contributed by atoms with Gasteiger partial charge in [-0.15, -0.1) is 23.5 Å². The second kappa shape index (κ2) is 7.26. The first-order chi connectivity index (χ1) is 12.5. The molecule has 2 saturated heterocycles. The average Bonchev–Trinajstić information content (AvgIpc) is 3.23. The molecule has 1 N–H and O–H groups in total. The molecule has 4 fully saturated rings. The summed E-state index contributed by atoms with van der Waals surface area (Å²) in [6.07, 6.45) is 4.50. The minimum Gasteiger partial charge on any atom is -0.452 e. The van der Waals surface area contributed by atoms with Crippen LogP contribution in [0.4, 0.5) is 4.79 Å². The molecule has 8 heteroatoms. The van der Waals surface area contributed by atoms with Gasteiger partial charge in [0.15, 0.2) is 6.10 Å². The third-order valence-corrected chi connectivity index (χ3v) is 10.2. The number of nitrogens with zero attached hydrogens (tertiary/aromatic N) is 1. The number of hydrogen-bond donors (Lipinski definition) is 1. The summed E-state index contributed by atoms with van der Waals surface area (Å²) in [5.41, 5.74) is 0. The van der Waals surface area contributed by atoms with E-state index < -0.39 is 18.0 Å². The van der Waals surface area contributed by atoms with Gasteiger partial charge in [0.05, 0.1) is 10.00 Å². The zero-order valence-electron chi connectivity index (χ0n) is 15.1. The first-order valence-corrected chi connectivity index (χ1v) is 11.6. The number of imide groups is 1. The molecule has 26 heavy (non-hydrogen) atoms. The van der Waals surface area contributed by atoms with Gasteiger partial charge in [-0.2, -0.15) is 0 Å². The molecule has 2 heterocycles. The van der Waals surface area contributed by atoms with Crippen LogP contribution in [-0.4, -0.2) is 57.6 Å². The van der Waals surface area contributed by atoms with Gasteiger partial charge in [0, 0.05) is 24.6 Å². The van der Waals surface area contributed by atoms with Gasteiger partial charge in [-0.1, -0.05) is 6.42 Å². The van der Waals surface area contributed by atoms with Crippen molar-refractivity contribution in [3.63, 3.8) is 0 Å². The molecule has 3 amide bonds. The van der Waals surface area contributed by atoms with E-state index in [1.54, 1.807) is 6.92 Å². The zero-order valence-corrected chi connectivity index (χ0v) is 16.7. The standard InChI is InChI=1S/C18H26N2O4S2/c1-11(15(21)20-6-5-19-17(20)23)24-16(22)12-9-13-3-2-4-14(10-12)18(13)25-7-8-26-18/h11-14H,2-10H2,1H3,(H,19,23)/t11-,12?,13-,14+/m1/s1. The fourth-order valence-electron chi connectivity index (χ4n) is 5.02. The van der Waals surface area contributed by atoms with Crippen LogP contribution in [0, 0.1) is 17.8 Å². The lowest BCUT2D eigenvalue weighted by Gasteiger charge is -2.51. The van der Waals surface area contributed by atoms with Crippen molar-refractivity contribution < 1.29 is 19.1 Å². The van der Waals surface area contributed by atoms with Crippen LogP contribution in [-0.2, 0) is 14.3 Å². The molecule has 4 aliphatic rings. The number of carbonyl (C=O) groups is 3. The highest BCUT2D eigenvalue weighted by Gasteiger charge is 2.55. The largest absolute Gasteiger partial charge is 0.452 e. The highest BCUT2D eigenvalue weighted by molar-refractivity contribution is 8.21. The summed E-state index contributed by atoms with van der Waals surface area (Å²) < 4.78 is 5.83. The van der Waals surface area contributed by atoms with Crippen LogP contribution in [0.25, 0.3) is 0 Å². The molecule has 2 aliphatic heterocycles. The van der Waals surface area contributed by atoms with Gasteiger partial charge < -0.3 is 10.1 Å². The van der Waals surface area contributed by atoms with E-state index in [9.17, 15) is 14.4 Å². The molecule has 1 unspecified atom stereocenters. The first-order valence-electron chi connectivity index (χ1n) is 9.59. The smallest absolute Gasteiger partial charge is 0.324 e. The fraction of sp³-hybridized carbons (Fsp3) is 0.833. The summed E-state index contributed by atoms with van der Waals surface area (Å²) in [5.74, 6) is 2.78. The van der Waals surface area contributed by atoms with E-state index in [4.69, 9.17) is 4.74 Å². The summed E-state index contributed by atoms with van der Waals surface area (Å²) >= 11 is 4.23. The Morgan fingerprint density at radius 2 is 1.88 bits per heavy atom. The van der Waals surface area contributed by atoms with Crippen LogP contribution in [0.15, 0.2) is 0 Å². The predicted molar refractivity (Wildman–Crippen MR) is 102 cm³/mol. The zero-order chi connectivity index (χ0) is 18.3. The topological polar surface area (TPSA) is 75.7 Å². The fourth-order valence-corrected chi connectivity index (χ4v) is 8.96. The van der Waals surface area contributed by atoms with Gasteiger partial charge in [0.2, 0.25) is 0 Å². The molecular formula is C18H26N2O4S2. The predicted octanol–water partition coefficient (Wildman–Crippen LogP) is 2.47. The summed E-state index contributed by atoms with van der Waals surface area (Å²) in [5, 5.41) is 2.60. The van der Waals surface area contributed by atoms with Crippen molar-refractivity contribution in [1.82, 2.24) is 10.2 Å². The second-order valence-corrected chi connectivity index (χ2v) is 10.7. The molecule has 2 aliphatic carbocycles. The maximum Gasteiger partial charge on any atom is 0.324 e. The van der Waals surface area contributed by atoms with E-state index in [1.807, 2.05) is 0 Å². The maximum atomic E-state index is 12.7. The van der Waals surface area contributed by atoms with E-state index in [-0.39, 0.29) is 11.9 Å². The molecular weight excluding hydrogens is 372 g/mol. The van der Waals surface area contributed by atoms with Crippen LogP contribution >= 0.6 is 23.5 Å². The number of thioether (sulfide) groups is 2. The Bertz CT molecular complexity index is 592. The van der Waals surface area contributed by atoms with Gasteiger partial charge >= 0.3 is 12.0 Å². The van der Waals surface area contributed by atoms with E-state index in [0.29, 0.717) is 29.0 Å². The Morgan fingerprint density at radius 1 is 1.23 bits per heavy atom. The van der Waals surface area contributed by atoms with Gasteiger partial charge in [-0.05, 0) is 44.4 Å². The molecule has 0 aromatic carbocycles. The minimum atomic E-state index is -0.905. The SMILES string of the molecule is C[C@@H](OC(=O)C1C[C@H]2CCC[C@@H](C1)C21SCCS1)C(=O)N1CCNC1=O. The molecule has 0 aromatic rings. The van der Waals surface area contributed by atoms with Crippen LogP contribution in [0.3, 0.4) is 0 Å². The highest BCUT2D eigenvalue weighted by atomic mass is 32.2. The molecule has 1 spiro atoms. The summed E-state index contributed by atoms with van der Waals surface area (Å²) in [7, 11) is 0. The van der Waals surface area contributed by atoms with Crippen LogP contribution in [0.2, 0.25) is 0 Å². The lowest BCUT2D eigenvalue weighted by molar-refractivity contribution is -0.163. The number of esters is 1. The molecule has 4 atom stereocenters. The number of hydrogen-bond acceptors (Lipinski definition) is 6. The number of rotatable bonds is 3. The van der Waals surface area contributed by atoms with Crippen molar-refractivity contribution in [1.29, 1.82) is 0 Å². The molecule has 144 valence electrons. The summed E-state index contributed by atoms with van der Waals surface area (Å²) in [6.45, 7) is 2.36. The third-order valence-electron chi connectivity index (χ3n) is 6.22. The molecule has 0 radical (unpaired) electrons. The van der Waals surface area contributed by atoms with Crippen molar-refractivity contribution >= 4 is 41.4 Å². The van der Waals surface area contributed by atoms with E-state index in [2.05, 4.69) is 28.8 Å². The quantitative estimate of drug-likeness (QED) is 0.736. The Hall–Kier alpha value is -0.890. The Kier molecular flexibility index (Phi) is 5.16. The Morgan fingerprint density at radius 3 is 2.46 bits per heavy atom. The molecule has 2 bridgehead atoms. The molecule has 0 aromatic heterocycles. The molecule has 2 saturated carbocycles. The normalized spacial score (nSPS) is 33.8. The van der Waals surface area contributed by atoms with Crippen LogP contribution in [0.5, 0.6) is 0 Å². The number of carbonyl (C=O) groups excluding carboxylic acids is 3. The molecule has 4 rings (SSSR count). The van der Waals surface area contributed by atoms with Crippen molar-refractivity contribution in [2.24, 2.45) is 17.8 Å². The monoisotopic (exact) mass is 398 g/mol. The van der Waals surface area contributed by atoms with Gasteiger partial charge in [0.25, 0.3) is 5.91 Å². The van der Waals surface area contributed by atoms with Crippen LogP contribution in [0.1, 0.15) is 39.0 Å². The third kappa shape index (κ3) is 3.13. The minimum absolute atomic E-state index is 0.111. The van der Waals surface area contributed by atoms with Crippen LogP contribution < -0.4 is 5.32 Å². The summed E-state index contributed by atoms with van der Waals surface area (Å²) in [6, 6.07) is -0.401. The van der Waals surface area contributed by atoms with E-state index >= 15 is 0 Å². The average molecular weight is 399 g/mol. The van der Waals surface area contributed by atoms with Crippen molar-refractivity contribution in [2.75, 3.05) is 24.6 Å². The lowest BCUT2D eigenvalue weighted by Crippen LogP contribution is -2.49. The summed E-state index contributed by atoms with van der Waals surface area (Å²) in [4.78, 5) is 37.9. The number of urea groups is 1. The van der Waals surface area contributed by atoms with Crippen molar-refractivity contribution in [2.45, 2.75) is 49.2 Å². The van der Waals surface area contributed by atoms with Crippen molar-refractivity contribution in [3.8, 4) is 0 Å². The maximum absolute atomic E-state index is 12.7. The Balaban J connectivity index is 1.38. The number of amides is 3. The molecule has 6 nitrogen and oxygen atoms in total. The first kappa shape index (κ1) is 18.5. The van der Waals surface area contributed by atoms with E-state index in [0.717, 1.165) is 17.7 Å².